The summed E-state index contributed by atoms with van der Waals surface area (Å²) in [7, 11) is 1.58. The lowest BCUT2D eigenvalue weighted by Crippen LogP contribution is -2.19. The van der Waals surface area contributed by atoms with Gasteiger partial charge in [-0.25, -0.2) is 10.2 Å². The van der Waals surface area contributed by atoms with E-state index in [1.54, 1.807) is 49.6 Å². The number of hydrazone groups is 1. The molecule has 5 rings (SSSR count). The van der Waals surface area contributed by atoms with Gasteiger partial charge in [0.1, 0.15) is 11.4 Å². The van der Waals surface area contributed by atoms with E-state index in [0.29, 0.717) is 40.4 Å². The Balaban J connectivity index is 1.40. The molecule has 8 nitrogen and oxygen atoms in total. The maximum atomic E-state index is 13.4. The monoisotopic (exact) mass is 611 g/mol. The smallest absolute Gasteiger partial charge is 0.343 e. The molecule has 0 unspecified atom stereocenters. The van der Waals surface area contributed by atoms with Crippen LogP contribution in [0.25, 0.3) is 22.0 Å². The van der Waals surface area contributed by atoms with Gasteiger partial charge in [-0.05, 0) is 60.5 Å². The van der Waals surface area contributed by atoms with E-state index in [1.807, 2.05) is 55.5 Å². The fourth-order valence-corrected chi connectivity index (χ4v) is 4.91. The summed E-state index contributed by atoms with van der Waals surface area (Å²) in [5.41, 5.74) is 6.30. The average molecular weight is 612 g/mol. The number of esters is 1. The summed E-state index contributed by atoms with van der Waals surface area (Å²) in [5.74, 6) is 0.358. The van der Waals surface area contributed by atoms with Crippen molar-refractivity contribution in [3.05, 3.63) is 112 Å². The van der Waals surface area contributed by atoms with Crippen LogP contribution in [-0.4, -0.2) is 36.8 Å². The number of fused-ring (bicyclic) bond motifs is 1. The number of benzene rings is 4. The van der Waals surface area contributed by atoms with Crippen molar-refractivity contribution in [2.24, 2.45) is 5.10 Å². The van der Waals surface area contributed by atoms with Crippen LogP contribution < -0.4 is 19.6 Å². The number of hydrogen-bond donors (Lipinski definition) is 2. The number of ether oxygens (including phenoxy) is 3. The van der Waals surface area contributed by atoms with Crippen LogP contribution in [0.1, 0.15) is 33.3 Å². The molecule has 4 aromatic carbocycles. The Labute approximate surface area is 245 Å². The minimum atomic E-state index is -0.490. The lowest BCUT2D eigenvalue weighted by atomic mass is 10.0. The van der Waals surface area contributed by atoms with Crippen LogP contribution in [0, 0.1) is 0 Å². The van der Waals surface area contributed by atoms with Crippen molar-refractivity contribution in [3.8, 4) is 28.4 Å². The number of nitrogens with one attached hydrogen (secondary N) is 2. The fourth-order valence-electron chi connectivity index (χ4n) is 4.38. The van der Waals surface area contributed by atoms with E-state index in [1.165, 1.54) is 6.21 Å². The molecule has 0 aliphatic carbocycles. The normalized spacial score (nSPS) is 11.0. The molecule has 0 saturated carbocycles. The van der Waals surface area contributed by atoms with Gasteiger partial charge in [0.25, 0.3) is 5.91 Å². The molecule has 0 atom stereocenters. The Morgan fingerprint density at radius 1 is 0.927 bits per heavy atom. The second-order valence-corrected chi connectivity index (χ2v) is 9.69. The molecular formula is C32H26BrN3O5. The average Bonchev–Trinajstić information content (AvgIpc) is 3.41. The third-order valence-corrected chi connectivity index (χ3v) is 6.90. The summed E-state index contributed by atoms with van der Waals surface area (Å²) in [5, 5.41) is 5.00. The molecule has 41 heavy (non-hydrogen) atoms. The first-order chi connectivity index (χ1) is 20.0. The molecule has 5 aromatic rings. The lowest BCUT2D eigenvalue weighted by Gasteiger charge is -2.11. The van der Waals surface area contributed by atoms with E-state index in [-0.39, 0.29) is 5.75 Å². The molecule has 0 saturated heterocycles. The summed E-state index contributed by atoms with van der Waals surface area (Å²) in [6.45, 7) is 2.21. The minimum Gasteiger partial charge on any atom is -0.495 e. The van der Waals surface area contributed by atoms with Crippen molar-refractivity contribution in [2.75, 3.05) is 13.7 Å². The third kappa shape index (κ3) is 6.00. The maximum Gasteiger partial charge on any atom is 0.343 e. The fraction of sp³-hybridized carbons (Fsp3) is 0.0938. The van der Waals surface area contributed by atoms with Crippen LogP contribution >= 0.6 is 15.9 Å². The van der Waals surface area contributed by atoms with Gasteiger partial charge in [-0.15, -0.1) is 0 Å². The molecule has 0 aliphatic heterocycles. The number of carbonyl (C=O) groups is 2. The van der Waals surface area contributed by atoms with Crippen LogP contribution in [-0.2, 0) is 0 Å². The van der Waals surface area contributed by atoms with E-state index in [2.05, 4.69) is 31.4 Å². The van der Waals surface area contributed by atoms with Crippen molar-refractivity contribution in [1.82, 2.24) is 10.4 Å². The molecule has 1 amide bonds. The second-order valence-electron chi connectivity index (χ2n) is 8.83. The Morgan fingerprint density at radius 2 is 1.63 bits per heavy atom. The SMILES string of the molecule is CCOc1cc(C=NNC(=O)c2[nH]c3c(OC)ccc(Br)c3c2-c2ccccc2)ccc1OC(=O)c1ccccc1. The van der Waals surface area contributed by atoms with Gasteiger partial charge in [-0.1, -0.05) is 64.5 Å². The quantitative estimate of drug-likeness (QED) is 0.0809. The van der Waals surface area contributed by atoms with Gasteiger partial charge in [-0.3, -0.25) is 4.79 Å². The number of halogens is 1. The van der Waals surface area contributed by atoms with E-state index < -0.39 is 11.9 Å². The number of aromatic nitrogens is 1. The molecule has 2 N–H and O–H groups in total. The van der Waals surface area contributed by atoms with Gasteiger partial charge >= 0.3 is 5.97 Å². The topological polar surface area (TPSA) is 102 Å². The third-order valence-electron chi connectivity index (χ3n) is 6.24. The predicted octanol–water partition coefficient (Wildman–Crippen LogP) is 6.99. The summed E-state index contributed by atoms with van der Waals surface area (Å²) in [4.78, 5) is 29.1. The number of carbonyl (C=O) groups excluding carboxylic acids is 2. The molecule has 0 bridgehead atoms. The summed E-state index contributed by atoms with van der Waals surface area (Å²) < 4.78 is 17.6. The number of H-pyrrole nitrogens is 1. The zero-order valence-corrected chi connectivity index (χ0v) is 23.9. The summed E-state index contributed by atoms with van der Waals surface area (Å²) in [6, 6.07) is 27.1. The van der Waals surface area contributed by atoms with E-state index >= 15 is 0 Å². The Hall–Kier alpha value is -4.89. The van der Waals surface area contributed by atoms with Crippen LogP contribution in [0.3, 0.4) is 0 Å². The molecule has 9 heteroatoms. The molecule has 1 heterocycles. The molecule has 1 aromatic heterocycles. The highest BCUT2D eigenvalue weighted by Gasteiger charge is 2.23. The maximum absolute atomic E-state index is 13.4. The number of methoxy groups -OCH3 is 1. The lowest BCUT2D eigenvalue weighted by molar-refractivity contribution is 0.0728. The molecule has 0 aliphatic rings. The molecule has 0 radical (unpaired) electrons. The van der Waals surface area contributed by atoms with Gasteiger partial charge in [0.15, 0.2) is 11.5 Å². The van der Waals surface area contributed by atoms with Gasteiger partial charge in [-0.2, -0.15) is 5.10 Å². The number of amides is 1. The van der Waals surface area contributed by atoms with E-state index in [9.17, 15) is 9.59 Å². The van der Waals surface area contributed by atoms with Gasteiger partial charge < -0.3 is 19.2 Å². The van der Waals surface area contributed by atoms with Crippen molar-refractivity contribution in [1.29, 1.82) is 0 Å². The van der Waals surface area contributed by atoms with Gasteiger partial charge in [0.2, 0.25) is 0 Å². The van der Waals surface area contributed by atoms with Crippen molar-refractivity contribution < 1.29 is 23.8 Å². The van der Waals surface area contributed by atoms with Crippen molar-refractivity contribution in [2.45, 2.75) is 6.92 Å². The Kier molecular flexibility index (Phi) is 8.45. The number of hydrogen-bond acceptors (Lipinski definition) is 6. The van der Waals surface area contributed by atoms with Crippen molar-refractivity contribution >= 4 is 44.9 Å². The van der Waals surface area contributed by atoms with Gasteiger partial charge in [0.05, 0.1) is 31.0 Å². The first-order valence-corrected chi connectivity index (χ1v) is 13.6. The molecule has 0 fully saturated rings. The highest BCUT2D eigenvalue weighted by molar-refractivity contribution is 9.10. The summed E-state index contributed by atoms with van der Waals surface area (Å²) >= 11 is 3.63. The molecular weight excluding hydrogens is 586 g/mol. The first-order valence-electron chi connectivity index (χ1n) is 12.8. The van der Waals surface area contributed by atoms with Crippen LogP contribution in [0.4, 0.5) is 0 Å². The van der Waals surface area contributed by atoms with Crippen LogP contribution in [0.2, 0.25) is 0 Å². The Bertz CT molecular complexity index is 1730. The zero-order chi connectivity index (χ0) is 28.8. The first kappa shape index (κ1) is 27.7. The van der Waals surface area contributed by atoms with E-state index in [4.69, 9.17) is 14.2 Å². The zero-order valence-electron chi connectivity index (χ0n) is 22.3. The Morgan fingerprint density at radius 3 is 2.34 bits per heavy atom. The van der Waals surface area contributed by atoms with E-state index in [0.717, 1.165) is 21.0 Å². The number of nitrogens with zero attached hydrogens (tertiary/aromatic N) is 1. The van der Waals surface area contributed by atoms with Crippen molar-refractivity contribution in [3.63, 3.8) is 0 Å². The second kappa shape index (κ2) is 12.5. The number of rotatable bonds is 9. The standard InChI is InChI=1S/C32H26BrN3O5/c1-3-40-26-18-20(14-16-24(26)41-32(38)22-12-8-5-9-13-22)19-34-36-31(37)30-27(21-10-6-4-7-11-21)28-23(33)15-17-25(39-2)29(28)35-30/h4-19,35H,3H2,1-2H3,(H,36,37). The minimum absolute atomic E-state index is 0.284. The molecule has 206 valence electrons. The predicted molar refractivity (Wildman–Crippen MR) is 162 cm³/mol. The van der Waals surface area contributed by atoms with Crippen LogP contribution in [0.15, 0.2) is 101 Å². The van der Waals surface area contributed by atoms with Crippen LogP contribution in [0.5, 0.6) is 17.2 Å². The highest BCUT2D eigenvalue weighted by Crippen LogP contribution is 2.40. The van der Waals surface area contributed by atoms with Gasteiger partial charge in [0, 0.05) is 15.4 Å². The highest BCUT2D eigenvalue weighted by atomic mass is 79.9. The summed E-state index contributed by atoms with van der Waals surface area (Å²) in [6.07, 6.45) is 1.49. The largest absolute Gasteiger partial charge is 0.495 e. The number of aromatic amines is 1. The molecule has 0 spiro atoms.